The number of hydrogen-bond donors (Lipinski definition) is 1. The number of methoxy groups -OCH3 is 1. The molecule has 0 aromatic heterocycles. The third-order valence-corrected chi connectivity index (χ3v) is 6.78. The van der Waals surface area contributed by atoms with Crippen molar-refractivity contribution < 1.29 is 17.9 Å². The summed E-state index contributed by atoms with van der Waals surface area (Å²) in [6.07, 6.45) is 4.10. The highest BCUT2D eigenvalue weighted by Gasteiger charge is 2.23. The fraction of sp³-hybridized carbons (Fsp3) is 0.304. The van der Waals surface area contributed by atoms with E-state index < -0.39 is 10.0 Å². The molecule has 0 bridgehead atoms. The van der Waals surface area contributed by atoms with E-state index in [0.29, 0.717) is 11.5 Å². The fourth-order valence-corrected chi connectivity index (χ4v) is 5.00. The number of aryl methyl sites for hydroxylation is 2. The van der Waals surface area contributed by atoms with Crippen LogP contribution in [0.25, 0.3) is 10.8 Å². The lowest BCUT2D eigenvalue weighted by atomic mass is 9.92. The molecule has 0 heterocycles. The third-order valence-electron chi connectivity index (χ3n) is 5.30. The van der Waals surface area contributed by atoms with E-state index in [1.165, 1.54) is 12.7 Å². The minimum Gasteiger partial charge on any atom is -0.495 e. The Morgan fingerprint density at radius 2 is 1.66 bits per heavy atom. The van der Waals surface area contributed by atoms with Gasteiger partial charge in [0.2, 0.25) is 10.0 Å². The third kappa shape index (κ3) is 4.38. The SMILES string of the molecule is COc1cc2c(cc1S(=O)(=O)NCCOc1ccc3ccccc3c1)CCCC2. The van der Waals surface area contributed by atoms with Crippen molar-refractivity contribution in [1.82, 2.24) is 4.72 Å². The number of ether oxygens (including phenoxy) is 2. The topological polar surface area (TPSA) is 64.6 Å². The van der Waals surface area contributed by atoms with Crippen molar-refractivity contribution in [3.8, 4) is 11.5 Å². The maximum absolute atomic E-state index is 12.8. The Morgan fingerprint density at radius 1 is 0.931 bits per heavy atom. The zero-order chi connectivity index (χ0) is 20.3. The summed E-state index contributed by atoms with van der Waals surface area (Å²) in [7, 11) is -2.17. The Bertz CT molecular complexity index is 1120. The molecular weight excluding hydrogens is 386 g/mol. The second-order valence-corrected chi connectivity index (χ2v) is 8.97. The van der Waals surface area contributed by atoms with Gasteiger partial charge < -0.3 is 9.47 Å². The van der Waals surface area contributed by atoms with Crippen LogP contribution in [0.5, 0.6) is 11.5 Å². The van der Waals surface area contributed by atoms with Crippen LogP contribution >= 0.6 is 0 Å². The molecule has 0 spiro atoms. The van der Waals surface area contributed by atoms with Crippen LogP contribution in [0, 0.1) is 0 Å². The molecule has 29 heavy (non-hydrogen) atoms. The van der Waals surface area contributed by atoms with E-state index in [1.807, 2.05) is 48.5 Å². The molecule has 0 saturated carbocycles. The average molecular weight is 412 g/mol. The summed E-state index contributed by atoms with van der Waals surface area (Å²) < 4.78 is 39.4. The van der Waals surface area contributed by atoms with Gasteiger partial charge in [0.25, 0.3) is 0 Å². The lowest BCUT2D eigenvalue weighted by molar-refractivity contribution is 0.323. The molecule has 0 atom stereocenters. The summed E-state index contributed by atoms with van der Waals surface area (Å²) in [5, 5.41) is 2.23. The normalized spacial score (nSPS) is 13.8. The molecule has 0 amide bonds. The highest BCUT2D eigenvalue weighted by atomic mass is 32.2. The monoisotopic (exact) mass is 411 g/mol. The first-order chi connectivity index (χ1) is 14.1. The summed E-state index contributed by atoms with van der Waals surface area (Å²) >= 11 is 0. The number of hydrogen-bond acceptors (Lipinski definition) is 4. The smallest absolute Gasteiger partial charge is 0.244 e. The fourth-order valence-electron chi connectivity index (χ4n) is 3.79. The Hall–Kier alpha value is -2.57. The molecule has 3 aromatic carbocycles. The minimum absolute atomic E-state index is 0.176. The Kier molecular flexibility index (Phi) is 5.74. The van der Waals surface area contributed by atoms with E-state index in [-0.39, 0.29) is 18.0 Å². The maximum Gasteiger partial charge on any atom is 0.244 e. The summed E-state index contributed by atoms with van der Waals surface area (Å²) in [6, 6.07) is 17.5. The predicted molar refractivity (Wildman–Crippen MR) is 114 cm³/mol. The molecule has 0 fully saturated rings. The molecule has 0 aliphatic heterocycles. The van der Waals surface area contributed by atoms with Crippen LogP contribution in [-0.4, -0.2) is 28.7 Å². The highest BCUT2D eigenvalue weighted by Crippen LogP contribution is 2.31. The molecule has 4 rings (SSSR count). The van der Waals surface area contributed by atoms with Gasteiger partial charge in [-0.15, -0.1) is 0 Å². The molecule has 0 radical (unpaired) electrons. The quantitative estimate of drug-likeness (QED) is 0.595. The van der Waals surface area contributed by atoms with Crippen LogP contribution in [0.3, 0.4) is 0 Å². The van der Waals surface area contributed by atoms with Gasteiger partial charge in [-0.3, -0.25) is 0 Å². The standard InChI is InChI=1S/C23H25NO4S/c1-27-22-15-19-8-4-5-9-20(19)16-23(22)29(25,26)24-12-13-28-21-11-10-17-6-2-3-7-18(17)14-21/h2-3,6-7,10-11,14-16,24H,4-5,8-9,12-13H2,1H3. The molecule has 5 nitrogen and oxygen atoms in total. The second kappa shape index (κ2) is 8.43. The van der Waals surface area contributed by atoms with Crippen molar-refractivity contribution in [3.63, 3.8) is 0 Å². The zero-order valence-electron chi connectivity index (χ0n) is 16.5. The molecule has 6 heteroatoms. The van der Waals surface area contributed by atoms with Crippen molar-refractivity contribution in [2.45, 2.75) is 30.6 Å². The van der Waals surface area contributed by atoms with Gasteiger partial charge in [-0.25, -0.2) is 13.1 Å². The van der Waals surface area contributed by atoms with Gasteiger partial charge in [0.1, 0.15) is 23.0 Å². The first-order valence-electron chi connectivity index (χ1n) is 9.88. The van der Waals surface area contributed by atoms with Gasteiger partial charge in [0.15, 0.2) is 0 Å². The summed E-state index contributed by atoms with van der Waals surface area (Å²) in [6.45, 7) is 0.417. The van der Waals surface area contributed by atoms with Gasteiger partial charge in [0, 0.05) is 6.54 Å². The van der Waals surface area contributed by atoms with Crippen molar-refractivity contribution in [3.05, 3.63) is 65.7 Å². The van der Waals surface area contributed by atoms with Gasteiger partial charge in [-0.2, -0.15) is 0 Å². The molecule has 1 aliphatic carbocycles. The van der Waals surface area contributed by atoms with E-state index in [9.17, 15) is 8.42 Å². The molecule has 1 N–H and O–H groups in total. The summed E-state index contributed by atoms with van der Waals surface area (Å²) in [4.78, 5) is 0.200. The molecule has 1 aliphatic rings. The number of nitrogens with one attached hydrogen (secondary N) is 1. The first-order valence-corrected chi connectivity index (χ1v) is 11.4. The highest BCUT2D eigenvalue weighted by molar-refractivity contribution is 7.89. The second-order valence-electron chi connectivity index (χ2n) is 7.23. The van der Waals surface area contributed by atoms with Crippen molar-refractivity contribution >= 4 is 20.8 Å². The van der Waals surface area contributed by atoms with Crippen LogP contribution in [0.15, 0.2) is 59.5 Å². The van der Waals surface area contributed by atoms with Crippen molar-refractivity contribution in [2.75, 3.05) is 20.3 Å². The molecule has 152 valence electrons. The summed E-state index contributed by atoms with van der Waals surface area (Å²) in [5.74, 6) is 1.11. The van der Waals surface area contributed by atoms with E-state index >= 15 is 0 Å². The van der Waals surface area contributed by atoms with Crippen LogP contribution in [0.1, 0.15) is 24.0 Å². The van der Waals surface area contributed by atoms with Crippen molar-refractivity contribution in [1.29, 1.82) is 0 Å². The van der Waals surface area contributed by atoms with Crippen LogP contribution < -0.4 is 14.2 Å². The van der Waals surface area contributed by atoms with Gasteiger partial charge in [0.05, 0.1) is 7.11 Å². The van der Waals surface area contributed by atoms with Crippen molar-refractivity contribution in [2.24, 2.45) is 0 Å². The molecule has 0 saturated heterocycles. The van der Waals surface area contributed by atoms with E-state index in [2.05, 4.69) is 4.72 Å². The van der Waals surface area contributed by atoms with Crippen LogP contribution in [0.2, 0.25) is 0 Å². The van der Waals surface area contributed by atoms with Gasteiger partial charge >= 0.3 is 0 Å². The van der Waals surface area contributed by atoms with Crippen LogP contribution in [-0.2, 0) is 22.9 Å². The predicted octanol–water partition coefficient (Wildman–Crippen LogP) is 4.08. The lowest BCUT2D eigenvalue weighted by Crippen LogP contribution is -2.29. The number of sulfonamides is 1. The zero-order valence-corrected chi connectivity index (χ0v) is 17.3. The molecule has 0 unspecified atom stereocenters. The van der Waals surface area contributed by atoms with Gasteiger partial charge in [-0.1, -0.05) is 30.3 Å². The average Bonchev–Trinajstić information content (AvgIpc) is 2.75. The van der Waals surface area contributed by atoms with E-state index in [0.717, 1.165) is 42.0 Å². The maximum atomic E-state index is 12.8. The minimum atomic E-state index is -3.68. The van der Waals surface area contributed by atoms with Gasteiger partial charge in [-0.05, 0) is 71.8 Å². The summed E-state index contributed by atoms with van der Waals surface area (Å²) in [5.41, 5.74) is 2.29. The Morgan fingerprint density at radius 3 is 2.41 bits per heavy atom. The number of benzene rings is 3. The largest absolute Gasteiger partial charge is 0.495 e. The Balaban J connectivity index is 1.42. The van der Waals surface area contributed by atoms with E-state index in [4.69, 9.17) is 9.47 Å². The number of rotatable bonds is 7. The first kappa shape index (κ1) is 19.7. The molecular formula is C23H25NO4S. The van der Waals surface area contributed by atoms with Crippen LogP contribution in [0.4, 0.5) is 0 Å². The molecule has 3 aromatic rings. The lowest BCUT2D eigenvalue weighted by Gasteiger charge is -2.19. The number of fused-ring (bicyclic) bond motifs is 2. The van der Waals surface area contributed by atoms with E-state index in [1.54, 1.807) is 6.07 Å². The Labute approximate surface area is 171 Å².